The van der Waals surface area contributed by atoms with Crippen molar-refractivity contribution in [1.82, 2.24) is 16.0 Å². The van der Waals surface area contributed by atoms with Gasteiger partial charge in [0.1, 0.15) is 12.1 Å². The highest BCUT2D eigenvalue weighted by Gasteiger charge is 2.41. The van der Waals surface area contributed by atoms with Crippen molar-refractivity contribution in [2.24, 2.45) is 0 Å². The van der Waals surface area contributed by atoms with Crippen LogP contribution < -0.4 is 16.0 Å². The first kappa shape index (κ1) is 29.4. The van der Waals surface area contributed by atoms with Crippen molar-refractivity contribution in [3.05, 3.63) is 108 Å². The number of likely N-dealkylation sites (N-methyl/N-ethyl adjacent to an activating group) is 1. The van der Waals surface area contributed by atoms with Gasteiger partial charge in [0.15, 0.2) is 0 Å². The number of alkyl carbamates (subject to hydrolysis) is 1. The maximum Gasteiger partial charge on any atom is 0.408 e. The lowest BCUT2D eigenvalue weighted by molar-refractivity contribution is -0.149. The summed E-state index contributed by atoms with van der Waals surface area (Å²) in [6, 6.07) is 28.2. The molecule has 0 saturated heterocycles. The van der Waals surface area contributed by atoms with Gasteiger partial charge in [0.25, 0.3) is 0 Å². The third-order valence-electron chi connectivity index (χ3n) is 6.60. The molecule has 3 rings (SSSR count). The summed E-state index contributed by atoms with van der Waals surface area (Å²) in [7, 11) is 2.89. The number of aryl methyl sites for hydroxylation is 1. The number of amides is 2. The highest BCUT2D eigenvalue weighted by atomic mass is 16.6. The third kappa shape index (κ3) is 9.26. The topological polar surface area (TPSA) is 106 Å². The number of carbonyl (C=O) groups is 3. The summed E-state index contributed by atoms with van der Waals surface area (Å²) < 4.78 is 10.6. The Morgan fingerprint density at radius 2 is 1.36 bits per heavy atom. The van der Waals surface area contributed by atoms with Crippen LogP contribution in [0.3, 0.4) is 0 Å². The van der Waals surface area contributed by atoms with Crippen molar-refractivity contribution < 1.29 is 23.9 Å². The number of hydrogen-bond acceptors (Lipinski definition) is 6. The summed E-state index contributed by atoms with van der Waals surface area (Å²) in [5.74, 6) is -0.738. The molecule has 206 valence electrons. The van der Waals surface area contributed by atoms with Crippen LogP contribution in [0.25, 0.3) is 0 Å². The van der Waals surface area contributed by atoms with Gasteiger partial charge >= 0.3 is 12.1 Å². The molecule has 2 atom stereocenters. The molecule has 2 amide bonds. The molecule has 0 aliphatic rings. The summed E-state index contributed by atoms with van der Waals surface area (Å²) in [6.45, 7) is 0.338. The Hall–Kier alpha value is -4.17. The molecule has 0 radical (unpaired) electrons. The van der Waals surface area contributed by atoms with Gasteiger partial charge in [0, 0.05) is 7.05 Å². The van der Waals surface area contributed by atoms with Crippen LogP contribution in [0.4, 0.5) is 4.79 Å². The summed E-state index contributed by atoms with van der Waals surface area (Å²) >= 11 is 0. The molecule has 0 saturated carbocycles. The van der Waals surface area contributed by atoms with Crippen molar-refractivity contribution >= 4 is 18.0 Å². The summed E-state index contributed by atoms with van der Waals surface area (Å²) in [6.07, 6.45) is 0.759. The maximum absolute atomic E-state index is 13.2. The molecule has 0 heterocycles. The molecule has 8 nitrogen and oxygen atoms in total. The molecule has 0 aromatic heterocycles. The minimum atomic E-state index is -1.37. The Morgan fingerprint density at radius 1 is 0.795 bits per heavy atom. The van der Waals surface area contributed by atoms with Gasteiger partial charge < -0.3 is 25.4 Å². The van der Waals surface area contributed by atoms with E-state index in [1.807, 2.05) is 91.0 Å². The van der Waals surface area contributed by atoms with Gasteiger partial charge in [-0.2, -0.15) is 0 Å². The van der Waals surface area contributed by atoms with Gasteiger partial charge in [0.05, 0.1) is 13.2 Å². The zero-order valence-corrected chi connectivity index (χ0v) is 22.5. The first-order valence-electron chi connectivity index (χ1n) is 13.1. The minimum Gasteiger partial charge on any atom is -0.467 e. The minimum absolute atomic E-state index is 0.0662. The number of nitrogens with one attached hydrogen (secondary N) is 3. The van der Waals surface area contributed by atoms with Crippen LogP contribution in [0.1, 0.15) is 29.5 Å². The molecule has 0 aliphatic heterocycles. The van der Waals surface area contributed by atoms with E-state index in [1.165, 1.54) is 7.11 Å². The van der Waals surface area contributed by atoms with E-state index in [-0.39, 0.29) is 31.9 Å². The molecule has 1 unspecified atom stereocenters. The zero-order valence-electron chi connectivity index (χ0n) is 22.5. The summed E-state index contributed by atoms with van der Waals surface area (Å²) in [5, 5.41) is 8.78. The first-order chi connectivity index (χ1) is 19.0. The molecule has 0 spiro atoms. The fourth-order valence-electron chi connectivity index (χ4n) is 4.40. The van der Waals surface area contributed by atoms with Crippen LogP contribution in [-0.4, -0.2) is 50.3 Å². The molecule has 3 aromatic carbocycles. The Morgan fingerprint density at radius 3 is 1.92 bits per heavy atom. The lowest BCUT2D eigenvalue weighted by atomic mass is 9.87. The Kier molecular flexibility index (Phi) is 11.5. The van der Waals surface area contributed by atoms with Crippen LogP contribution >= 0.6 is 0 Å². The van der Waals surface area contributed by atoms with E-state index in [0.717, 1.165) is 16.7 Å². The number of rotatable bonds is 14. The average Bonchev–Trinajstić information content (AvgIpc) is 2.99. The van der Waals surface area contributed by atoms with Crippen molar-refractivity contribution in [2.75, 3.05) is 20.7 Å². The maximum atomic E-state index is 13.2. The number of methoxy groups -OCH3 is 1. The van der Waals surface area contributed by atoms with Crippen LogP contribution in [-0.2, 0) is 38.5 Å². The molecular formula is C31H37N3O5. The fraction of sp³-hybridized carbons (Fsp3) is 0.323. The van der Waals surface area contributed by atoms with Gasteiger partial charge in [-0.05, 0) is 48.9 Å². The number of ether oxygens (including phenoxy) is 2. The van der Waals surface area contributed by atoms with E-state index in [4.69, 9.17) is 9.47 Å². The Balaban J connectivity index is 1.76. The SMILES string of the molecule is CNC(=O)[C@H](Cc1ccccc1)NCCC(CCc1ccccc1)(NC(=O)OCc1ccccc1)C(=O)OC. The predicted octanol–water partition coefficient (Wildman–Crippen LogP) is 3.79. The Labute approximate surface area is 230 Å². The molecule has 3 aromatic rings. The zero-order chi connectivity index (χ0) is 27.9. The van der Waals surface area contributed by atoms with E-state index in [1.54, 1.807) is 7.05 Å². The van der Waals surface area contributed by atoms with E-state index >= 15 is 0 Å². The molecule has 0 fully saturated rings. The molecule has 3 N–H and O–H groups in total. The lowest BCUT2D eigenvalue weighted by Gasteiger charge is -2.32. The van der Waals surface area contributed by atoms with Gasteiger partial charge in [-0.15, -0.1) is 0 Å². The molecule has 0 aliphatic carbocycles. The van der Waals surface area contributed by atoms with E-state index in [0.29, 0.717) is 12.8 Å². The van der Waals surface area contributed by atoms with Gasteiger partial charge in [-0.25, -0.2) is 9.59 Å². The summed E-state index contributed by atoms with van der Waals surface area (Å²) in [5.41, 5.74) is 1.48. The normalized spacial score (nSPS) is 13.0. The largest absolute Gasteiger partial charge is 0.467 e. The average molecular weight is 532 g/mol. The summed E-state index contributed by atoms with van der Waals surface area (Å²) in [4.78, 5) is 38.8. The lowest BCUT2D eigenvalue weighted by Crippen LogP contribution is -2.57. The molecule has 0 bridgehead atoms. The second kappa shape index (κ2) is 15.3. The van der Waals surface area contributed by atoms with Gasteiger partial charge in [-0.1, -0.05) is 91.0 Å². The van der Waals surface area contributed by atoms with Gasteiger partial charge in [0.2, 0.25) is 5.91 Å². The van der Waals surface area contributed by atoms with Crippen LogP contribution in [0.2, 0.25) is 0 Å². The molecular weight excluding hydrogens is 494 g/mol. The van der Waals surface area contributed by atoms with Crippen LogP contribution in [0.15, 0.2) is 91.0 Å². The fourth-order valence-corrected chi connectivity index (χ4v) is 4.40. The monoisotopic (exact) mass is 531 g/mol. The van der Waals surface area contributed by atoms with Gasteiger partial charge in [-0.3, -0.25) is 4.79 Å². The highest BCUT2D eigenvalue weighted by molar-refractivity contribution is 5.86. The second-order valence-electron chi connectivity index (χ2n) is 9.31. The molecule has 8 heteroatoms. The van der Waals surface area contributed by atoms with Crippen molar-refractivity contribution in [3.8, 4) is 0 Å². The second-order valence-corrected chi connectivity index (χ2v) is 9.31. The van der Waals surface area contributed by atoms with E-state index < -0.39 is 23.6 Å². The van der Waals surface area contributed by atoms with E-state index in [2.05, 4.69) is 16.0 Å². The van der Waals surface area contributed by atoms with Crippen LogP contribution in [0.5, 0.6) is 0 Å². The van der Waals surface area contributed by atoms with Crippen LogP contribution in [0, 0.1) is 0 Å². The van der Waals surface area contributed by atoms with Crippen molar-refractivity contribution in [1.29, 1.82) is 0 Å². The highest BCUT2D eigenvalue weighted by Crippen LogP contribution is 2.22. The quantitative estimate of drug-likeness (QED) is 0.273. The molecule has 39 heavy (non-hydrogen) atoms. The number of benzene rings is 3. The smallest absolute Gasteiger partial charge is 0.408 e. The number of carbonyl (C=O) groups excluding carboxylic acids is 3. The first-order valence-corrected chi connectivity index (χ1v) is 13.1. The van der Waals surface area contributed by atoms with Crippen molar-refractivity contribution in [3.63, 3.8) is 0 Å². The number of esters is 1. The predicted molar refractivity (Wildman–Crippen MR) is 150 cm³/mol. The van der Waals surface area contributed by atoms with Crippen molar-refractivity contribution in [2.45, 2.75) is 43.9 Å². The number of hydrogen-bond donors (Lipinski definition) is 3. The van der Waals surface area contributed by atoms with E-state index in [9.17, 15) is 14.4 Å². The Bertz CT molecular complexity index is 1170. The standard InChI is InChI=1S/C31H37N3O5/c1-32-28(35)27(22-25-14-8-4-9-15-25)33-21-20-31(29(36)38-2,19-18-24-12-6-3-7-13-24)34-30(37)39-23-26-16-10-5-11-17-26/h3-17,27,33H,18-23H2,1-2H3,(H,32,35)(H,34,37)/t27-,31?/m0/s1. The third-order valence-corrected chi connectivity index (χ3v) is 6.60.